The molecular weight excluding hydrogens is 405 g/mol. The van der Waals surface area contributed by atoms with Gasteiger partial charge in [0.25, 0.3) is 17.5 Å². The minimum atomic E-state index is -0.889. The molecule has 0 aliphatic heterocycles. The van der Waals surface area contributed by atoms with Gasteiger partial charge in [0.1, 0.15) is 17.5 Å². The number of carbonyl (C=O) groups excluding carboxylic acids is 2. The molecule has 1 unspecified atom stereocenters. The standard InChI is InChI=1S/C21H24FN5O4/c1-13(2)19(24-20(28)15-6-8-16(22)9-7-15)21(29)25-23-12-14-5-10-17(26(3)4)18(11-14)27(30)31/h5-13,19H,1-4H3,(H,24,28)(H,25,29)/b23-12+. The van der Waals surface area contributed by atoms with Crippen LogP contribution in [-0.2, 0) is 4.79 Å². The van der Waals surface area contributed by atoms with Crippen molar-refractivity contribution in [2.24, 2.45) is 11.0 Å². The van der Waals surface area contributed by atoms with E-state index in [9.17, 15) is 24.1 Å². The molecule has 2 rings (SSSR count). The highest BCUT2D eigenvalue weighted by Crippen LogP contribution is 2.27. The molecule has 0 saturated carbocycles. The molecule has 0 saturated heterocycles. The summed E-state index contributed by atoms with van der Waals surface area (Å²) in [4.78, 5) is 37.2. The highest BCUT2D eigenvalue weighted by Gasteiger charge is 2.24. The first kappa shape index (κ1) is 23.5. The van der Waals surface area contributed by atoms with Gasteiger partial charge in [-0.25, -0.2) is 9.82 Å². The topological polar surface area (TPSA) is 117 Å². The van der Waals surface area contributed by atoms with Crippen LogP contribution in [0, 0.1) is 21.8 Å². The maximum absolute atomic E-state index is 13.0. The van der Waals surface area contributed by atoms with Gasteiger partial charge < -0.3 is 10.2 Å². The molecule has 164 valence electrons. The molecule has 9 nitrogen and oxygen atoms in total. The molecule has 1 atom stereocenters. The van der Waals surface area contributed by atoms with E-state index in [2.05, 4.69) is 15.8 Å². The van der Waals surface area contributed by atoms with Crippen LogP contribution in [0.3, 0.4) is 0 Å². The van der Waals surface area contributed by atoms with Crippen molar-refractivity contribution in [1.82, 2.24) is 10.7 Å². The summed E-state index contributed by atoms with van der Waals surface area (Å²) >= 11 is 0. The Balaban J connectivity index is 2.08. The SMILES string of the molecule is CC(C)C(NC(=O)c1ccc(F)cc1)C(=O)N/N=C/c1ccc(N(C)C)c([N+](=O)[O-])c1. The summed E-state index contributed by atoms with van der Waals surface area (Å²) < 4.78 is 13.0. The highest BCUT2D eigenvalue weighted by atomic mass is 19.1. The van der Waals surface area contributed by atoms with Crippen molar-refractivity contribution >= 4 is 29.4 Å². The zero-order valence-corrected chi connectivity index (χ0v) is 17.6. The van der Waals surface area contributed by atoms with Crippen molar-refractivity contribution < 1.29 is 18.9 Å². The molecule has 0 aliphatic rings. The lowest BCUT2D eigenvalue weighted by molar-refractivity contribution is -0.384. The van der Waals surface area contributed by atoms with E-state index in [1.54, 1.807) is 45.0 Å². The maximum Gasteiger partial charge on any atom is 0.293 e. The number of nitro groups is 1. The number of nitrogens with one attached hydrogen (secondary N) is 2. The Bertz CT molecular complexity index is 990. The molecule has 0 spiro atoms. The van der Waals surface area contributed by atoms with Gasteiger partial charge in [0, 0.05) is 31.3 Å². The molecule has 0 radical (unpaired) electrons. The smallest absolute Gasteiger partial charge is 0.293 e. The zero-order valence-electron chi connectivity index (χ0n) is 17.6. The number of hydrogen-bond donors (Lipinski definition) is 2. The normalized spacial score (nSPS) is 11.9. The minimum Gasteiger partial charge on any atom is -0.372 e. The number of halogens is 1. The zero-order chi connectivity index (χ0) is 23.1. The van der Waals surface area contributed by atoms with E-state index in [1.165, 1.54) is 24.4 Å². The molecule has 31 heavy (non-hydrogen) atoms. The van der Waals surface area contributed by atoms with E-state index < -0.39 is 28.6 Å². The molecule has 10 heteroatoms. The van der Waals surface area contributed by atoms with Crippen LogP contribution in [0.1, 0.15) is 29.8 Å². The average Bonchev–Trinajstić information content (AvgIpc) is 2.71. The summed E-state index contributed by atoms with van der Waals surface area (Å²) in [5.74, 6) is -1.79. The lowest BCUT2D eigenvalue weighted by Crippen LogP contribution is -2.48. The quantitative estimate of drug-likeness (QED) is 0.380. The summed E-state index contributed by atoms with van der Waals surface area (Å²) in [7, 11) is 3.39. The summed E-state index contributed by atoms with van der Waals surface area (Å²) in [6.07, 6.45) is 1.28. The van der Waals surface area contributed by atoms with Gasteiger partial charge >= 0.3 is 0 Å². The van der Waals surface area contributed by atoms with Crippen molar-refractivity contribution in [3.05, 3.63) is 69.5 Å². The number of hydrogen-bond acceptors (Lipinski definition) is 6. The van der Waals surface area contributed by atoms with Crippen LogP contribution in [0.25, 0.3) is 0 Å². The Morgan fingerprint density at radius 2 is 1.81 bits per heavy atom. The van der Waals surface area contributed by atoms with Crippen molar-refractivity contribution in [3.8, 4) is 0 Å². The van der Waals surface area contributed by atoms with Crippen LogP contribution in [0.2, 0.25) is 0 Å². The molecule has 0 aliphatic carbocycles. The van der Waals surface area contributed by atoms with Gasteiger partial charge in [0.2, 0.25) is 0 Å². The third-order valence-electron chi connectivity index (χ3n) is 4.41. The third kappa shape index (κ3) is 6.33. The Morgan fingerprint density at radius 1 is 1.16 bits per heavy atom. The molecule has 0 aromatic heterocycles. The van der Waals surface area contributed by atoms with Gasteiger partial charge in [-0.2, -0.15) is 5.10 Å². The van der Waals surface area contributed by atoms with Crippen molar-refractivity contribution in [2.75, 3.05) is 19.0 Å². The first-order valence-corrected chi connectivity index (χ1v) is 9.45. The van der Waals surface area contributed by atoms with Gasteiger partial charge in [-0.05, 0) is 36.2 Å². The van der Waals surface area contributed by atoms with Crippen LogP contribution in [-0.4, -0.2) is 43.1 Å². The van der Waals surface area contributed by atoms with E-state index in [0.717, 1.165) is 12.1 Å². The Kier molecular flexibility index (Phi) is 7.78. The number of nitro benzene ring substituents is 1. The monoisotopic (exact) mass is 429 g/mol. The number of nitrogens with zero attached hydrogens (tertiary/aromatic N) is 3. The molecule has 2 N–H and O–H groups in total. The first-order chi connectivity index (χ1) is 14.6. The Labute approximate surface area is 179 Å². The summed E-state index contributed by atoms with van der Waals surface area (Å²) in [6, 6.07) is 8.64. The maximum atomic E-state index is 13.0. The Hall–Kier alpha value is -3.82. The van der Waals surface area contributed by atoms with Gasteiger partial charge in [0.05, 0.1) is 11.1 Å². The van der Waals surface area contributed by atoms with Crippen molar-refractivity contribution in [3.63, 3.8) is 0 Å². The molecule has 2 amide bonds. The molecule has 2 aromatic rings. The van der Waals surface area contributed by atoms with E-state index in [-0.39, 0.29) is 17.2 Å². The van der Waals surface area contributed by atoms with Crippen LogP contribution in [0.15, 0.2) is 47.6 Å². The summed E-state index contributed by atoms with van der Waals surface area (Å²) in [5, 5.41) is 17.7. The van der Waals surface area contributed by atoms with Gasteiger partial charge in [-0.1, -0.05) is 19.9 Å². The summed E-state index contributed by atoms with van der Waals surface area (Å²) in [5.41, 5.74) is 3.33. The molecule has 0 fully saturated rings. The van der Waals surface area contributed by atoms with Crippen molar-refractivity contribution in [1.29, 1.82) is 0 Å². The van der Waals surface area contributed by atoms with E-state index in [1.807, 2.05) is 0 Å². The summed E-state index contributed by atoms with van der Waals surface area (Å²) in [6.45, 7) is 3.50. The van der Waals surface area contributed by atoms with Gasteiger partial charge in [-0.3, -0.25) is 19.7 Å². The lowest BCUT2D eigenvalue weighted by Gasteiger charge is -2.20. The average molecular weight is 429 g/mol. The second-order valence-electron chi connectivity index (χ2n) is 7.34. The number of amides is 2. The second-order valence-corrected chi connectivity index (χ2v) is 7.34. The van der Waals surface area contributed by atoms with Crippen molar-refractivity contribution in [2.45, 2.75) is 19.9 Å². The van der Waals surface area contributed by atoms with E-state index >= 15 is 0 Å². The predicted molar refractivity (Wildman–Crippen MR) is 116 cm³/mol. The molecule has 0 bridgehead atoms. The molecular formula is C21H24FN5O4. The van der Waals surface area contributed by atoms with Gasteiger partial charge in [0.15, 0.2) is 0 Å². The fourth-order valence-corrected chi connectivity index (χ4v) is 2.75. The number of hydrazone groups is 1. The third-order valence-corrected chi connectivity index (χ3v) is 4.41. The first-order valence-electron chi connectivity index (χ1n) is 9.45. The second kappa shape index (κ2) is 10.3. The Morgan fingerprint density at radius 3 is 2.35 bits per heavy atom. The number of rotatable bonds is 8. The minimum absolute atomic E-state index is 0.0908. The fraction of sp³-hybridized carbons (Fsp3) is 0.286. The predicted octanol–water partition coefficient (Wildman–Crippen LogP) is 2.70. The van der Waals surface area contributed by atoms with Crippen LogP contribution in [0.5, 0.6) is 0 Å². The van der Waals surface area contributed by atoms with Crippen LogP contribution >= 0.6 is 0 Å². The van der Waals surface area contributed by atoms with Crippen LogP contribution in [0.4, 0.5) is 15.8 Å². The largest absolute Gasteiger partial charge is 0.372 e. The molecule has 2 aromatic carbocycles. The lowest BCUT2D eigenvalue weighted by atomic mass is 10.0. The van der Waals surface area contributed by atoms with Gasteiger partial charge in [-0.15, -0.1) is 0 Å². The highest BCUT2D eigenvalue weighted by molar-refractivity contribution is 5.97. The molecule has 0 heterocycles. The number of anilines is 1. The number of benzene rings is 2. The fourth-order valence-electron chi connectivity index (χ4n) is 2.75. The van der Waals surface area contributed by atoms with E-state index in [4.69, 9.17) is 0 Å². The number of carbonyl (C=O) groups is 2. The van der Waals surface area contributed by atoms with Crippen LogP contribution < -0.4 is 15.6 Å². The van der Waals surface area contributed by atoms with E-state index in [0.29, 0.717) is 11.3 Å².